The fourth-order valence-electron chi connectivity index (χ4n) is 8.12. The molecule has 4 atom stereocenters. The number of likely N-dealkylation sites (N-methyl/N-ethyl adjacent to an activating group) is 2. The first-order valence-electron chi connectivity index (χ1n) is 18.2. The van der Waals surface area contributed by atoms with Gasteiger partial charge >= 0.3 is 0 Å². The molecule has 0 bridgehead atoms. The highest BCUT2D eigenvalue weighted by atomic mass is 32.1. The maximum Gasteiger partial charge on any atom is 0.239 e. The zero-order chi connectivity index (χ0) is 37.1. The number of aromatic amines is 2. The van der Waals surface area contributed by atoms with Crippen molar-refractivity contribution in [2.45, 2.75) is 37.0 Å². The molecule has 12 heteroatoms. The SMILES string of the molecule is CN(C)C(=O)[C@H]1Cc2c([nH]c3ccccc23)[C@@H](c2ccc3c(c2)OCO3)N1.CN(C)C(=S)[C@H]1Cc2c([nH]c3ccccc23)[C@@H](c2ccc3c(c2)OCO3)N1. The Balaban J connectivity index is 0.000000142. The van der Waals surface area contributed by atoms with E-state index in [2.05, 4.69) is 69.1 Å². The van der Waals surface area contributed by atoms with Gasteiger partial charge in [0.05, 0.1) is 29.2 Å². The summed E-state index contributed by atoms with van der Waals surface area (Å²) >= 11 is 5.71. The van der Waals surface area contributed by atoms with Crippen molar-refractivity contribution in [3.05, 3.63) is 119 Å². The lowest BCUT2D eigenvalue weighted by molar-refractivity contribution is -0.131. The average molecular weight is 743 g/mol. The highest BCUT2D eigenvalue weighted by molar-refractivity contribution is 7.80. The third-order valence-corrected chi connectivity index (χ3v) is 11.4. The zero-order valence-corrected chi connectivity index (χ0v) is 31.4. The lowest BCUT2D eigenvalue weighted by atomic mass is 9.89. The van der Waals surface area contributed by atoms with Crippen LogP contribution in [0.15, 0.2) is 84.9 Å². The number of thiocarbonyl (C=S) groups is 1. The van der Waals surface area contributed by atoms with E-state index in [-0.39, 0.29) is 43.7 Å². The Kier molecular flexibility index (Phi) is 8.68. The minimum Gasteiger partial charge on any atom is -0.454 e. The molecule has 6 heterocycles. The van der Waals surface area contributed by atoms with Gasteiger partial charge in [0.15, 0.2) is 23.0 Å². The van der Waals surface area contributed by atoms with Crippen molar-refractivity contribution in [2.24, 2.45) is 0 Å². The van der Waals surface area contributed by atoms with E-state index in [1.54, 1.807) is 19.0 Å². The molecule has 0 fully saturated rings. The summed E-state index contributed by atoms with van der Waals surface area (Å²) in [5, 5.41) is 9.74. The van der Waals surface area contributed by atoms with E-state index in [4.69, 9.17) is 31.2 Å². The number of rotatable bonds is 4. The van der Waals surface area contributed by atoms with Crippen molar-refractivity contribution in [1.82, 2.24) is 30.4 Å². The Morgan fingerprint density at radius 2 is 1.07 bits per heavy atom. The molecule has 0 aliphatic carbocycles. The molecule has 0 saturated heterocycles. The molecule has 4 aromatic carbocycles. The molecule has 1 amide bonds. The van der Waals surface area contributed by atoms with Gasteiger partial charge in [0.2, 0.25) is 19.5 Å². The highest BCUT2D eigenvalue weighted by Crippen LogP contribution is 2.41. The Morgan fingerprint density at radius 3 is 1.57 bits per heavy atom. The Labute approximate surface area is 318 Å². The van der Waals surface area contributed by atoms with E-state index in [9.17, 15) is 4.79 Å². The van der Waals surface area contributed by atoms with Gasteiger partial charge in [-0.1, -0.05) is 60.7 Å². The molecule has 0 radical (unpaired) electrons. The number of carbonyl (C=O) groups is 1. The third kappa shape index (κ3) is 6.00. The lowest BCUT2D eigenvalue weighted by Crippen LogP contribution is -2.49. The molecule has 2 aromatic heterocycles. The predicted molar refractivity (Wildman–Crippen MR) is 212 cm³/mol. The number of amides is 1. The van der Waals surface area contributed by atoms with E-state index in [1.807, 2.05) is 55.4 Å². The maximum atomic E-state index is 12.7. The normalized spacial score (nSPS) is 20.5. The minimum atomic E-state index is -0.276. The number of para-hydroxylation sites is 2. The second kappa shape index (κ2) is 13.7. The molecule has 0 spiro atoms. The number of hydrogen-bond donors (Lipinski definition) is 4. The van der Waals surface area contributed by atoms with Gasteiger partial charge in [-0.05, 0) is 71.5 Å². The van der Waals surface area contributed by atoms with Crippen molar-refractivity contribution < 1.29 is 23.7 Å². The summed E-state index contributed by atoms with van der Waals surface area (Å²) in [6.07, 6.45) is 1.54. The zero-order valence-electron chi connectivity index (χ0n) is 30.6. The highest BCUT2D eigenvalue weighted by Gasteiger charge is 2.36. The molecule has 276 valence electrons. The summed E-state index contributed by atoms with van der Waals surface area (Å²) in [5.41, 5.74) is 9.28. The molecule has 4 N–H and O–H groups in total. The molecular formula is C42H42N6O5S. The van der Waals surface area contributed by atoms with Crippen molar-refractivity contribution in [1.29, 1.82) is 0 Å². The summed E-state index contributed by atoms with van der Waals surface area (Å²) in [6, 6.07) is 28.5. The first-order valence-corrected chi connectivity index (χ1v) is 18.6. The smallest absolute Gasteiger partial charge is 0.239 e. The maximum absolute atomic E-state index is 12.7. The number of carbonyl (C=O) groups excluding carboxylic acids is 1. The summed E-state index contributed by atoms with van der Waals surface area (Å²) in [5.74, 6) is 3.17. The quantitative estimate of drug-likeness (QED) is 0.162. The molecule has 11 nitrogen and oxygen atoms in total. The van der Waals surface area contributed by atoms with Gasteiger partial charge in [-0.15, -0.1) is 0 Å². The van der Waals surface area contributed by atoms with E-state index < -0.39 is 0 Å². The fraction of sp³-hybridized carbons (Fsp3) is 0.286. The number of nitrogens with zero attached hydrogens (tertiary/aromatic N) is 2. The summed E-state index contributed by atoms with van der Waals surface area (Å²) in [4.78, 5) is 24.5. The van der Waals surface area contributed by atoms with Crippen molar-refractivity contribution in [2.75, 3.05) is 41.8 Å². The van der Waals surface area contributed by atoms with Gasteiger partial charge in [0.1, 0.15) is 0 Å². The van der Waals surface area contributed by atoms with Crippen LogP contribution in [0.3, 0.4) is 0 Å². The minimum absolute atomic E-state index is 0.0125. The van der Waals surface area contributed by atoms with Gasteiger partial charge in [0.25, 0.3) is 0 Å². The number of fused-ring (bicyclic) bond motifs is 8. The molecule has 54 heavy (non-hydrogen) atoms. The van der Waals surface area contributed by atoms with Crippen LogP contribution in [0.5, 0.6) is 23.0 Å². The number of H-pyrrole nitrogens is 2. The van der Waals surface area contributed by atoms with Crippen LogP contribution in [0.25, 0.3) is 21.8 Å². The monoisotopic (exact) mass is 742 g/mol. The van der Waals surface area contributed by atoms with Gasteiger partial charge in [-0.25, -0.2) is 0 Å². The van der Waals surface area contributed by atoms with Crippen LogP contribution in [0.2, 0.25) is 0 Å². The van der Waals surface area contributed by atoms with Crippen LogP contribution in [0.1, 0.15) is 45.7 Å². The van der Waals surface area contributed by atoms with Gasteiger partial charge < -0.3 is 38.7 Å². The van der Waals surface area contributed by atoms with Gasteiger partial charge in [0, 0.05) is 61.4 Å². The second-order valence-electron chi connectivity index (χ2n) is 14.5. The van der Waals surface area contributed by atoms with Crippen molar-refractivity contribution in [3.63, 3.8) is 0 Å². The Morgan fingerprint density at radius 1 is 0.611 bits per heavy atom. The molecule has 0 saturated carbocycles. The van der Waals surface area contributed by atoms with Gasteiger partial charge in [-0.3, -0.25) is 15.4 Å². The average Bonchev–Trinajstić information content (AvgIpc) is 4.00. The standard InChI is InChI=1S/C21H21N3O3.C21H21N3O2S/c1-24(2)21(25)16-10-14-13-5-3-4-6-15(13)22-20(14)19(23-16)12-7-8-17-18(9-12)27-11-26-17;1-24(2)21(27)16-10-14-13-5-3-4-6-15(13)22-20(14)19(23-16)12-7-8-17-18(9-12)26-11-25-17/h2*3-9,16,19,22-23H,10-11H2,1-2H3/t2*16-,19-/m11/s1. The van der Waals surface area contributed by atoms with Crippen LogP contribution < -0.4 is 29.6 Å². The lowest BCUT2D eigenvalue weighted by Gasteiger charge is -2.34. The van der Waals surface area contributed by atoms with Crippen LogP contribution in [0, 0.1) is 0 Å². The topological polar surface area (TPSA) is 116 Å². The summed E-state index contributed by atoms with van der Waals surface area (Å²) in [7, 11) is 7.60. The number of ether oxygens (including phenoxy) is 4. The van der Waals surface area contributed by atoms with E-state index >= 15 is 0 Å². The second-order valence-corrected chi connectivity index (χ2v) is 14.9. The summed E-state index contributed by atoms with van der Waals surface area (Å²) in [6.45, 7) is 0.526. The van der Waals surface area contributed by atoms with Crippen LogP contribution in [0.4, 0.5) is 0 Å². The van der Waals surface area contributed by atoms with Crippen LogP contribution >= 0.6 is 12.2 Å². The van der Waals surface area contributed by atoms with E-state index in [0.29, 0.717) is 6.42 Å². The van der Waals surface area contributed by atoms with E-state index in [0.717, 1.165) is 62.3 Å². The largest absolute Gasteiger partial charge is 0.454 e. The third-order valence-electron chi connectivity index (χ3n) is 10.8. The van der Waals surface area contributed by atoms with Crippen LogP contribution in [-0.4, -0.2) is 84.5 Å². The van der Waals surface area contributed by atoms with Crippen molar-refractivity contribution >= 4 is 44.9 Å². The van der Waals surface area contributed by atoms with Crippen molar-refractivity contribution in [3.8, 4) is 23.0 Å². The fourth-order valence-corrected chi connectivity index (χ4v) is 8.27. The molecule has 10 rings (SSSR count). The predicted octanol–water partition coefficient (Wildman–Crippen LogP) is 5.98. The first-order chi connectivity index (χ1) is 26.2. The molecule has 0 unspecified atom stereocenters. The number of aromatic nitrogens is 2. The van der Waals surface area contributed by atoms with E-state index in [1.165, 1.54) is 27.6 Å². The molecule has 4 aliphatic heterocycles. The molecular weight excluding hydrogens is 701 g/mol. The number of benzene rings is 4. The van der Waals surface area contributed by atoms with Crippen LogP contribution in [-0.2, 0) is 17.6 Å². The molecule has 6 aromatic rings. The first kappa shape index (κ1) is 34.2. The van der Waals surface area contributed by atoms with Gasteiger partial charge in [-0.2, -0.15) is 0 Å². The Hall–Kier alpha value is -5.56. The number of nitrogens with one attached hydrogen (secondary N) is 4. The molecule has 4 aliphatic rings. The number of hydrogen-bond acceptors (Lipinski definition) is 8. The Bertz CT molecular complexity index is 2250. The summed E-state index contributed by atoms with van der Waals surface area (Å²) < 4.78 is 22.1.